The third kappa shape index (κ3) is 6.49. The number of aliphatic hydroxyl groups is 1. The molecule has 0 saturated heterocycles. The van der Waals surface area contributed by atoms with Crippen molar-refractivity contribution >= 4 is 44.3 Å². The molecule has 1 aromatic heterocycles. The van der Waals surface area contributed by atoms with Crippen LogP contribution in [0.2, 0.25) is 0 Å². The van der Waals surface area contributed by atoms with Crippen LogP contribution in [-0.4, -0.2) is 81.2 Å². The summed E-state index contributed by atoms with van der Waals surface area (Å²) in [5, 5.41) is 16.0. The maximum Gasteiger partial charge on any atom is 0.323 e. The first-order valence-electron chi connectivity index (χ1n) is 14.0. The third-order valence-corrected chi connectivity index (χ3v) is 9.32. The number of anilines is 2. The quantitative estimate of drug-likeness (QED) is 0.251. The maximum atomic E-state index is 13.6. The number of urea groups is 1. The monoisotopic (exact) mass is 622 g/mol. The van der Waals surface area contributed by atoms with E-state index >= 15 is 0 Å². The molecule has 0 aliphatic carbocycles. The van der Waals surface area contributed by atoms with Crippen LogP contribution < -0.4 is 20.1 Å². The van der Waals surface area contributed by atoms with Crippen molar-refractivity contribution in [3.63, 3.8) is 0 Å². The highest BCUT2D eigenvalue weighted by atomic mass is 32.2. The molecule has 13 heteroatoms. The molecule has 0 bridgehead atoms. The fraction of sp³-hybridized carbons (Fsp3) is 0.290. The summed E-state index contributed by atoms with van der Waals surface area (Å²) in [7, 11) is -0.947. The molecule has 3 aromatic carbocycles. The maximum absolute atomic E-state index is 13.6. The zero-order chi connectivity index (χ0) is 31.4. The Morgan fingerprint density at radius 3 is 2.61 bits per heavy atom. The number of ether oxygens (including phenoxy) is 2. The second-order valence-electron chi connectivity index (χ2n) is 10.5. The van der Waals surface area contributed by atoms with Crippen molar-refractivity contribution in [2.75, 3.05) is 51.0 Å². The Kier molecular flexibility index (Phi) is 9.09. The SMILES string of the molecule is COc1ccc(S(=O)(=O)N(C)C[C@@H]2Oc3c(NC(=O)Nc4ccc5occc5c4)cccc3C(=O)N(CCO)CC2C)cc1. The Bertz CT molecular complexity index is 1760. The first-order valence-corrected chi connectivity index (χ1v) is 15.4. The Labute approximate surface area is 255 Å². The number of nitrogens with one attached hydrogen (secondary N) is 2. The summed E-state index contributed by atoms with van der Waals surface area (Å²) < 4.78 is 45.0. The van der Waals surface area contributed by atoms with Crippen LogP contribution >= 0.6 is 0 Å². The third-order valence-electron chi connectivity index (χ3n) is 7.48. The van der Waals surface area contributed by atoms with E-state index in [1.807, 2.05) is 6.92 Å². The van der Waals surface area contributed by atoms with Gasteiger partial charge >= 0.3 is 6.03 Å². The summed E-state index contributed by atoms with van der Waals surface area (Å²) in [5.74, 6) is -0.101. The second kappa shape index (κ2) is 13.0. The minimum absolute atomic E-state index is 0.0542. The van der Waals surface area contributed by atoms with Crippen LogP contribution in [0.5, 0.6) is 11.5 Å². The number of methoxy groups -OCH3 is 1. The van der Waals surface area contributed by atoms with E-state index in [2.05, 4.69) is 10.6 Å². The Hall–Kier alpha value is -4.59. The van der Waals surface area contributed by atoms with E-state index in [-0.39, 0.29) is 60.0 Å². The van der Waals surface area contributed by atoms with E-state index in [9.17, 15) is 23.1 Å². The predicted molar refractivity (Wildman–Crippen MR) is 165 cm³/mol. The van der Waals surface area contributed by atoms with Gasteiger partial charge in [0.2, 0.25) is 10.0 Å². The molecule has 1 unspecified atom stereocenters. The fourth-order valence-electron chi connectivity index (χ4n) is 5.06. The van der Waals surface area contributed by atoms with Gasteiger partial charge in [0, 0.05) is 37.1 Å². The van der Waals surface area contributed by atoms with Gasteiger partial charge in [-0.05, 0) is 60.7 Å². The van der Waals surface area contributed by atoms with Crippen LogP contribution in [0.25, 0.3) is 11.0 Å². The number of benzene rings is 3. The van der Waals surface area contributed by atoms with Gasteiger partial charge in [-0.15, -0.1) is 0 Å². The van der Waals surface area contributed by atoms with Gasteiger partial charge in [0.15, 0.2) is 5.75 Å². The van der Waals surface area contributed by atoms with Gasteiger partial charge in [0.1, 0.15) is 17.4 Å². The fourth-order valence-corrected chi connectivity index (χ4v) is 6.24. The van der Waals surface area contributed by atoms with Crippen LogP contribution in [0.15, 0.2) is 82.3 Å². The van der Waals surface area contributed by atoms with Crippen molar-refractivity contribution in [1.29, 1.82) is 0 Å². The number of fused-ring (bicyclic) bond motifs is 2. The molecule has 2 heterocycles. The zero-order valence-electron chi connectivity index (χ0n) is 24.5. The van der Waals surface area contributed by atoms with E-state index in [0.29, 0.717) is 17.0 Å². The number of aliphatic hydroxyl groups excluding tert-OH is 1. The van der Waals surface area contributed by atoms with Gasteiger partial charge in [-0.1, -0.05) is 13.0 Å². The molecule has 3 amide bonds. The van der Waals surface area contributed by atoms with Gasteiger partial charge in [0.25, 0.3) is 5.91 Å². The lowest BCUT2D eigenvalue weighted by Gasteiger charge is -2.36. The molecular weight excluding hydrogens is 588 g/mol. The number of para-hydroxylation sites is 1. The highest BCUT2D eigenvalue weighted by Gasteiger charge is 2.35. The van der Waals surface area contributed by atoms with Gasteiger partial charge in [-0.25, -0.2) is 13.2 Å². The van der Waals surface area contributed by atoms with E-state index in [0.717, 1.165) is 5.39 Å². The number of carbonyl (C=O) groups is 2. The summed E-state index contributed by atoms with van der Waals surface area (Å²) in [6.07, 6.45) is 0.831. The molecule has 12 nitrogen and oxygen atoms in total. The van der Waals surface area contributed by atoms with Crippen molar-refractivity contribution in [1.82, 2.24) is 9.21 Å². The van der Waals surface area contributed by atoms with Crippen molar-refractivity contribution in [3.05, 3.63) is 78.6 Å². The number of sulfonamides is 1. The summed E-state index contributed by atoms with van der Waals surface area (Å²) in [4.78, 5) is 28.2. The molecule has 2 atom stereocenters. The van der Waals surface area contributed by atoms with E-state index in [1.54, 1.807) is 60.9 Å². The number of hydrogen-bond acceptors (Lipinski definition) is 8. The van der Waals surface area contributed by atoms with Gasteiger partial charge < -0.3 is 34.5 Å². The van der Waals surface area contributed by atoms with Crippen LogP contribution in [-0.2, 0) is 10.0 Å². The second-order valence-corrected chi connectivity index (χ2v) is 12.5. The Morgan fingerprint density at radius 2 is 1.89 bits per heavy atom. The van der Waals surface area contributed by atoms with Gasteiger partial charge in [-0.3, -0.25) is 4.79 Å². The van der Waals surface area contributed by atoms with E-state index < -0.39 is 22.2 Å². The molecule has 0 saturated carbocycles. The number of amides is 3. The summed E-state index contributed by atoms with van der Waals surface area (Å²) in [6.45, 7) is 1.82. The van der Waals surface area contributed by atoms with E-state index in [1.165, 1.54) is 35.5 Å². The van der Waals surface area contributed by atoms with E-state index in [4.69, 9.17) is 13.9 Å². The topological polar surface area (TPSA) is 151 Å². The van der Waals surface area contributed by atoms with Crippen LogP contribution in [0.1, 0.15) is 17.3 Å². The molecule has 0 fully saturated rings. The van der Waals surface area contributed by atoms with Crippen LogP contribution in [0.4, 0.5) is 16.2 Å². The van der Waals surface area contributed by atoms with Crippen molar-refractivity contribution < 1.29 is 37.0 Å². The minimum atomic E-state index is -3.90. The Morgan fingerprint density at radius 1 is 1.11 bits per heavy atom. The molecule has 0 radical (unpaired) electrons. The first kappa shape index (κ1) is 30.9. The first-order chi connectivity index (χ1) is 21.1. The predicted octanol–water partition coefficient (Wildman–Crippen LogP) is 4.24. The smallest absolute Gasteiger partial charge is 0.323 e. The number of furan rings is 1. The average Bonchev–Trinajstić information content (AvgIpc) is 3.48. The normalized spacial score (nSPS) is 17.0. The molecule has 232 valence electrons. The standard InChI is InChI=1S/C31H34N4O8S/c1-20-18-35(14-15-36)30(37)25-5-4-6-26(33-31(38)32-22-7-12-27-21(17-22)13-16-42-27)29(25)43-28(20)19-34(2)44(39,40)24-10-8-23(41-3)9-11-24/h4-13,16-17,20,28,36H,14-15,18-19H2,1-3H3,(H2,32,33,38)/t20?,28-/m0/s1. The molecular formula is C31H34N4O8S. The van der Waals surface area contributed by atoms with Gasteiger partial charge in [-0.2, -0.15) is 4.31 Å². The number of β-amino-alcohol motifs (C(OH)–C–C–N with tert-alkyl or cyclic N) is 1. The lowest BCUT2D eigenvalue weighted by molar-refractivity contribution is 0.0512. The molecule has 1 aliphatic rings. The summed E-state index contributed by atoms with van der Waals surface area (Å²) in [5.41, 5.74) is 1.60. The van der Waals surface area contributed by atoms with Crippen molar-refractivity contribution in [2.24, 2.45) is 5.92 Å². The average molecular weight is 623 g/mol. The lowest BCUT2D eigenvalue weighted by Crippen LogP contribution is -2.48. The number of rotatable bonds is 9. The molecule has 3 N–H and O–H groups in total. The number of carbonyl (C=O) groups excluding carboxylic acids is 2. The number of likely N-dealkylation sites (N-methyl/N-ethyl adjacent to an activating group) is 1. The number of hydrogen-bond donors (Lipinski definition) is 3. The summed E-state index contributed by atoms with van der Waals surface area (Å²) in [6, 6.07) is 17.3. The lowest BCUT2D eigenvalue weighted by atomic mass is 10.0. The van der Waals surface area contributed by atoms with Gasteiger partial charge in [0.05, 0.1) is 42.7 Å². The highest BCUT2D eigenvalue weighted by molar-refractivity contribution is 7.89. The van der Waals surface area contributed by atoms with Crippen LogP contribution in [0.3, 0.4) is 0 Å². The molecule has 1 aliphatic heterocycles. The molecule has 4 aromatic rings. The van der Waals surface area contributed by atoms with Crippen molar-refractivity contribution in [2.45, 2.75) is 17.9 Å². The number of nitrogens with zero attached hydrogens (tertiary/aromatic N) is 2. The van der Waals surface area contributed by atoms with Crippen LogP contribution in [0, 0.1) is 5.92 Å². The van der Waals surface area contributed by atoms with Crippen molar-refractivity contribution in [3.8, 4) is 11.5 Å². The molecule has 5 rings (SSSR count). The molecule has 44 heavy (non-hydrogen) atoms. The highest BCUT2D eigenvalue weighted by Crippen LogP contribution is 2.35. The largest absolute Gasteiger partial charge is 0.497 e. The Balaban J connectivity index is 1.43. The zero-order valence-corrected chi connectivity index (χ0v) is 25.3. The molecule has 0 spiro atoms. The summed E-state index contributed by atoms with van der Waals surface area (Å²) >= 11 is 0. The minimum Gasteiger partial charge on any atom is -0.497 e.